The van der Waals surface area contributed by atoms with Crippen LogP contribution in [-0.4, -0.2) is 25.2 Å². The van der Waals surface area contributed by atoms with Gasteiger partial charge in [0.2, 0.25) is 0 Å². The van der Waals surface area contributed by atoms with Crippen molar-refractivity contribution in [2.24, 2.45) is 0 Å². The van der Waals surface area contributed by atoms with E-state index in [1.807, 2.05) is 0 Å². The van der Waals surface area contributed by atoms with Gasteiger partial charge in [-0.05, 0) is 19.3 Å². The van der Waals surface area contributed by atoms with Gasteiger partial charge in [0, 0.05) is 20.3 Å². The molecule has 0 radical (unpaired) electrons. The molecule has 19 heavy (non-hydrogen) atoms. The van der Waals surface area contributed by atoms with E-state index in [0.29, 0.717) is 25.3 Å². The lowest BCUT2D eigenvalue weighted by Crippen LogP contribution is -2.06. The summed E-state index contributed by atoms with van der Waals surface area (Å²) in [5.41, 5.74) is -0.919. The summed E-state index contributed by atoms with van der Waals surface area (Å²) < 4.78 is 31.8. The van der Waals surface area contributed by atoms with Crippen molar-refractivity contribution in [3.05, 3.63) is 33.9 Å². The number of hydrogen-bond acceptors (Lipinski definition) is 4. The van der Waals surface area contributed by atoms with Gasteiger partial charge < -0.3 is 10.1 Å². The molecule has 0 spiro atoms. The van der Waals surface area contributed by atoms with Crippen molar-refractivity contribution in [1.82, 2.24) is 0 Å². The van der Waals surface area contributed by atoms with Crippen LogP contribution in [0.2, 0.25) is 0 Å². The van der Waals surface area contributed by atoms with Crippen molar-refractivity contribution in [2.45, 2.75) is 19.3 Å². The Balaban J connectivity index is 2.52. The Labute approximate surface area is 109 Å². The second-order valence-electron chi connectivity index (χ2n) is 4.02. The predicted molar refractivity (Wildman–Crippen MR) is 67.2 cm³/mol. The van der Waals surface area contributed by atoms with E-state index in [4.69, 9.17) is 4.74 Å². The van der Waals surface area contributed by atoms with Gasteiger partial charge in [0.1, 0.15) is 5.69 Å². The highest BCUT2D eigenvalue weighted by molar-refractivity contribution is 5.51. The van der Waals surface area contributed by atoms with E-state index >= 15 is 0 Å². The van der Waals surface area contributed by atoms with Gasteiger partial charge >= 0.3 is 0 Å². The molecule has 0 fully saturated rings. The van der Waals surface area contributed by atoms with Gasteiger partial charge in [-0.25, -0.2) is 8.78 Å². The number of nitro groups is 1. The largest absolute Gasteiger partial charge is 0.385 e. The van der Waals surface area contributed by atoms with Crippen LogP contribution in [0.5, 0.6) is 0 Å². The fourth-order valence-electron chi connectivity index (χ4n) is 1.60. The summed E-state index contributed by atoms with van der Waals surface area (Å²) in [5.74, 6) is -1.91. The van der Waals surface area contributed by atoms with Crippen LogP contribution >= 0.6 is 0 Å². The molecule has 1 N–H and O–H groups in total. The molecule has 0 amide bonds. The summed E-state index contributed by atoms with van der Waals surface area (Å²) in [4.78, 5) is 9.58. The van der Waals surface area contributed by atoms with E-state index in [2.05, 4.69) is 5.32 Å². The molecule has 0 heterocycles. The van der Waals surface area contributed by atoms with Crippen molar-refractivity contribution >= 4 is 11.4 Å². The molecule has 1 aromatic carbocycles. The highest BCUT2D eigenvalue weighted by Crippen LogP contribution is 2.24. The standard InChI is InChI=1S/C12H16F2N2O3/c1-19-6-4-2-3-5-15-12-10(13)7-9(16(17)18)8-11(12)14/h7-8,15H,2-6H2,1H3. The van der Waals surface area contributed by atoms with Gasteiger partial charge in [0.05, 0.1) is 17.1 Å². The molecule has 0 unspecified atom stereocenters. The van der Waals surface area contributed by atoms with Crippen LogP contribution < -0.4 is 5.32 Å². The van der Waals surface area contributed by atoms with Crippen LogP contribution in [0.1, 0.15) is 19.3 Å². The molecule has 0 saturated carbocycles. The average molecular weight is 274 g/mol. The Morgan fingerprint density at radius 1 is 1.26 bits per heavy atom. The number of halogens is 2. The Bertz CT molecular complexity index is 418. The van der Waals surface area contributed by atoms with Crippen molar-refractivity contribution < 1.29 is 18.4 Å². The first-order valence-corrected chi connectivity index (χ1v) is 5.92. The summed E-state index contributed by atoms with van der Waals surface area (Å²) in [6.07, 6.45) is 2.49. The molecular formula is C12H16F2N2O3. The minimum atomic E-state index is -0.955. The minimum Gasteiger partial charge on any atom is -0.385 e. The van der Waals surface area contributed by atoms with Crippen molar-refractivity contribution in [3.8, 4) is 0 Å². The van der Waals surface area contributed by atoms with E-state index in [1.54, 1.807) is 7.11 Å². The van der Waals surface area contributed by atoms with E-state index in [-0.39, 0.29) is 5.69 Å². The van der Waals surface area contributed by atoms with Gasteiger partial charge in [-0.1, -0.05) is 0 Å². The number of nitrogens with zero attached hydrogens (tertiary/aromatic N) is 1. The van der Waals surface area contributed by atoms with Crippen LogP contribution in [0.25, 0.3) is 0 Å². The average Bonchev–Trinajstić information content (AvgIpc) is 2.35. The van der Waals surface area contributed by atoms with Crippen LogP contribution in [0.15, 0.2) is 12.1 Å². The number of nitro benzene ring substituents is 1. The monoisotopic (exact) mass is 274 g/mol. The third-order valence-electron chi connectivity index (χ3n) is 2.56. The smallest absolute Gasteiger partial charge is 0.275 e. The molecule has 7 heteroatoms. The molecular weight excluding hydrogens is 258 g/mol. The van der Waals surface area contributed by atoms with Crippen molar-refractivity contribution in [2.75, 3.05) is 25.6 Å². The summed E-state index contributed by atoms with van der Waals surface area (Å²) in [6, 6.07) is 1.41. The molecule has 0 saturated heterocycles. The first-order chi connectivity index (χ1) is 9.06. The number of rotatable bonds is 8. The molecule has 106 valence electrons. The lowest BCUT2D eigenvalue weighted by atomic mass is 10.2. The first kappa shape index (κ1) is 15.3. The molecule has 0 aliphatic carbocycles. The van der Waals surface area contributed by atoms with E-state index in [0.717, 1.165) is 19.3 Å². The highest BCUT2D eigenvalue weighted by Gasteiger charge is 2.16. The molecule has 0 aromatic heterocycles. The van der Waals surface area contributed by atoms with E-state index in [1.165, 1.54) is 0 Å². The number of unbranched alkanes of at least 4 members (excludes halogenated alkanes) is 2. The number of non-ortho nitro benzene ring substituents is 1. The zero-order valence-electron chi connectivity index (χ0n) is 10.6. The highest BCUT2D eigenvalue weighted by atomic mass is 19.1. The summed E-state index contributed by atoms with van der Waals surface area (Å²) in [6.45, 7) is 1.05. The molecule has 0 aliphatic heterocycles. The zero-order valence-corrected chi connectivity index (χ0v) is 10.6. The van der Waals surface area contributed by atoms with E-state index in [9.17, 15) is 18.9 Å². The van der Waals surface area contributed by atoms with Crippen LogP contribution in [0.4, 0.5) is 20.2 Å². The Kier molecular flexibility index (Phi) is 6.14. The molecule has 1 rings (SSSR count). The zero-order chi connectivity index (χ0) is 14.3. The van der Waals surface area contributed by atoms with Gasteiger partial charge in [0.15, 0.2) is 11.6 Å². The number of nitrogens with one attached hydrogen (secondary N) is 1. The Hall–Kier alpha value is -1.76. The van der Waals surface area contributed by atoms with Crippen LogP contribution in [-0.2, 0) is 4.74 Å². The van der Waals surface area contributed by atoms with Gasteiger partial charge in [-0.2, -0.15) is 0 Å². The molecule has 1 aromatic rings. The maximum atomic E-state index is 13.5. The maximum Gasteiger partial charge on any atom is 0.275 e. The van der Waals surface area contributed by atoms with Crippen LogP contribution in [0, 0.1) is 21.7 Å². The molecule has 0 aliphatic rings. The lowest BCUT2D eigenvalue weighted by molar-refractivity contribution is -0.385. The molecule has 5 nitrogen and oxygen atoms in total. The van der Waals surface area contributed by atoms with Crippen molar-refractivity contribution in [3.63, 3.8) is 0 Å². The van der Waals surface area contributed by atoms with Gasteiger partial charge in [-0.3, -0.25) is 10.1 Å². The number of benzene rings is 1. The first-order valence-electron chi connectivity index (χ1n) is 5.92. The number of methoxy groups -OCH3 is 1. The number of anilines is 1. The Morgan fingerprint density at radius 2 is 1.89 bits per heavy atom. The lowest BCUT2D eigenvalue weighted by Gasteiger charge is -2.08. The molecule has 0 atom stereocenters. The fourth-order valence-corrected chi connectivity index (χ4v) is 1.60. The van der Waals surface area contributed by atoms with Gasteiger partial charge in [0.25, 0.3) is 5.69 Å². The number of hydrogen-bond donors (Lipinski definition) is 1. The fraction of sp³-hybridized carbons (Fsp3) is 0.500. The summed E-state index contributed by atoms with van der Waals surface area (Å²) in [7, 11) is 1.61. The third-order valence-corrected chi connectivity index (χ3v) is 2.56. The third kappa shape index (κ3) is 4.78. The summed E-state index contributed by atoms with van der Waals surface area (Å²) >= 11 is 0. The van der Waals surface area contributed by atoms with Crippen molar-refractivity contribution in [1.29, 1.82) is 0 Å². The Morgan fingerprint density at radius 3 is 2.42 bits per heavy atom. The van der Waals surface area contributed by atoms with Gasteiger partial charge in [-0.15, -0.1) is 0 Å². The maximum absolute atomic E-state index is 13.5. The normalized spacial score (nSPS) is 10.5. The predicted octanol–water partition coefficient (Wildman–Crippen LogP) is 3.10. The van der Waals surface area contributed by atoms with Crippen LogP contribution in [0.3, 0.4) is 0 Å². The SMILES string of the molecule is COCCCCCNc1c(F)cc([N+](=O)[O-])cc1F. The summed E-state index contributed by atoms with van der Waals surface area (Å²) in [5, 5.41) is 13.0. The topological polar surface area (TPSA) is 64.4 Å². The second-order valence-corrected chi connectivity index (χ2v) is 4.02. The minimum absolute atomic E-state index is 0.322. The quantitative estimate of drug-likeness (QED) is 0.449. The second kappa shape index (κ2) is 7.63. The molecule has 0 bridgehead atoms. The number of ether oxygens (including phenoxy) is 1. The van der Waals surface area contributed by atoms with E-state index < -0.39 is 22.2 Å².